The number of fused-ring (bicyclic) bond motifs is 1. The average Bonchev–Trinajstić information content (AvgIpc) is 2.72. The molecular formula is C16H24N4. The van der Waals surface area contributed by atoms with Crippen LogP contribution in [0.3, 0.4) is 0 Å². The second kappa shape index (κ2) is 4.77. The highest BCUT2D eigenvalue weighted by atomic mass is 15.2. The molecule has 2 aromatic rings. The van der Waals surface area contributed by atoms with Crippen LogP contribution in [0.4, 0.5) is 5.95 Å². The summed E-state index contributed by atoms with van der Waals surface area (Å²) in [6.07, 6.45) is 2.43. The van der Waals surface area contributed by atoms with E-state index in [1.165, 1.54) is 37.0 Å². The van der Waals surface area contributed by atoms with Gasteiger partial charge in [-0.2, -0.15) is 0 Å². The van der Waals surface area contributed by atoms with Crippen LogP contribution in [0, 0.1) is 12.3 Å². The predicted octanol–water partition coefficient (Wildman–Crippen LogP) is 2.66. The van der Waals surface area contributed by atoms with Crippen LogP contribution in [0.2, 0.25) is 0 Å². The van der Waals surface area contributed by atoms with Gasteiger partial charge < -0.3 is 15.2 Å². The molecule has 4 nitrogen and oxygen atoms in total. The Morgan fingerprint density at radius 1 is 1.30 bits per heavy atom. The van der Waals surface area contributed by atoms with Gasteiger partial charge in [0.2, 0.25) is 5.95 Å². The summed E-state index contributed by atoms with van der Waals surface area (Å²) in [7, 11) is 2.20. The Kier molecular flexibility index (Phi) is 3.21. The van der Waals surface area contributed by atoms with Gasteiger partial charge in [0.25, 0.3) is 0 Å². The molecule has 0 amide bonds. The third-order valence-corrected chi connectivity index (χ3v) is 4.74. The molecule has 0 aliphatic carbocycles. The molecule has 1 aliphatic heterocycles. The number of benzene rings is 1. The Bertz CT molecular complexity index is 621. The lowest BCUT2D eigenvalue weighted by molar-refractivity contribution is 0.122. The van der Waals surface area contributed by atoms with Gasteiger partial charge in [-0.15, -0.1) is 0 Å². The van der Waals surface area contributed by atoms with E-state index in [-0.39, 0.29) is 0 Å². The van der Waals surface area contributed by atoms with Crippen molar-refractivity contribution in [1.29, 1.82) is 0 Å². The molecule has 108 valence electrons. The molecule has 1 saturated heterocycles. The number of hydrogen-bond acceptors (Lipinski definition) is 3. The van der Waals surface area contributed by atoms with E-state index < -0.39 is 0 Å². The van der Waals surface area contributed by atoms with Crippen molar-refractivity contribution in [2.24, 2.45) is 5.41 Å². The number of aryl methyl sites for hydroxylation is 1. The van der Waals surface area contributed by atoms with Crippen LogP contribution in [0.25, 0.3) is 11.0 Å². The Morgan fingerprint density at radius 2 is 2.00 bits per heavy atom. The lowest BCUT2D eigenvalue weighted by atomic mass is 9.80. The Labute approximate surface area is 120 Å². The molecule has 1 aromatic heterocycles. The summed E-state index contributed by atoms with van der Waals surface area (Å²) in [5.74, 6) is 0.648. The molecule has 0 radical (unpaired) electrons. The van der Waals surface area contributed by atoms with Crippen LogP contribution in [0.15, 0.2) is 18.2 Å². The minimum absolute atomic E-state index is 0.317. The van der Waals surface area contributed by atoms with E-state index in [9.17, 15) is 0 Å². The first kappa shape index (κ1) is 13.4. The first-order valence-electron chi connectivity index (χ1n) is 7.38. The van der Waals surface area contributed by atoms with Crippen molar-refractivity contribution in [3.05, 3.63) is 23.8 Å². The number of anilines is 1. The largest absolute Gasteiger partial charge is 0.369 e. The second-order valence-electron chi connectivity index (χ2n) is 6.61. The average molecular weight is 272 g/mol. The molecule has 0 saturated carbocycles. The quantitative estimate of drug-likeness (QED) is 0.914. The van der Waals surface area contributed by atoms with Gasteiger partial charge >= 0.3 is 0 Å². The standard InChI is InChI=1S/C16H24N4/c1-12-5-4-6-13-14(12)18-15(17)20(13)11-16(2)7-9-19(3)10-8-16/h4-6H,7-11H2,1-3H3,(H2,17,18). The fourth-order valence-electron chi connectivity index (χ4n) is 3.17. The first-order valence-corrected chi connectivity index (χ1v) is 7.38. The maximum atomic E-state index is 6.17. The van der Waals surface area contributed by atoms with Crippen molar-refractivity contribution < 1.29 is 0 Å². The normalized spacial score (nSPS) is 19.6. The first-order chi connectivity index (χ1) is 9.48. The van der Waals surface area contributed by atoms with Gasteiger partial charge in [0.05, 0.1) is 11.0 Å². The zero-order chi connectivity index (χ0) is 14.3. The van der Waals surface area contributed by atoms with Crippen molar-refractivity contribution >= 4 is 17.0 Å². The van der Waals surface area contributed by atoms with Gasteiger partial charge in [-0.05, 0) is 56.9 Å². The molecule has 0 bridgehead atoms. The number of rotatable bonds is 2. The fourth-order valence-corrected chi connectivity index (χ4v) is 3.17. The summed E-state index contributed by atoms with van der Waals surface area (Å²) >= 11 is 0. The number of nitrogens with zero attached hydrogens (tertiary/aromatic N) is 3. The summed E-state index contributed by atoms with van der Waals surface area (Å²) in [5.41, 5.74) is 9.89. The van der Waals surface area contributed by atoms with Crippen molar-refractivity contribution in [3.8, 4) is 0 Å². The van der Waals surface area contributed by atoms with E-state index in [4.69, 9.17) is 5.73 Å². The van der Waals surface area contributed by atoms with E-state index in [0.717, 1.165) is 12.1 Å². The summed E-state index contributed by atoms with van der Waals surface area (Å²) in [6, 6.07) is 6.31. The summed E-state index contributed by atoms with van der Waals surface area (Å²) < 4.78 is 2.20. The van der Waals surface area contributed by atoms with Gasteiger partial charge in [-0.3, -0.25) is 0 Å². The molecule has 2 N–H and O–H groups in total. The van der Waals surface area contributed by atoms with Crippen LogP contribution in [-0.4, -0.2) is 34.6 Å². The highest BCUT2D eigenvalue weighted by Crippen LogP contribution is 2.34. The zero-order valence-electron chi connectivity index (χ0n) is 12.7. The molecule has 3 rings (SSSR count). The second-order valence-corrected chi connectivity index (χ2v) is 6.61. The molecule has 2 heterocycles. The zero-order valence-corrected chi connectivity index (χ0v) is 12.7. The molecule has 1 fully saturated rings. The van der Waals surface area contributed by atoms with Crippen LogP contribution in [-0.2, 0) is 6.54 Å². The molecule has 4 heteroatoms. The molecule has 20 heavy (non-hydrogen) atoms. The highest BCUT2D eigenvalue weighted by molar-refractivity contribution is 5.81. The number of piperidine rings is 1. The molecule has 1 aliphatic rings. The number of nitrogens with two attached hydrogens (primary N) is 1. The van der Waals surface area contributed by atoms with E-state index in [0.29, 0.717) is 11.4 Å². The van der Waals surface area contributed by atoms with Crippen molar-refractivity contribution in [3.63, 3.8) is 0 Å². The lowest BCUT2D eigenvalue weighted by Gasteiger charge is -2.38. The summed E-state index contributed by atoms with van der Waals surface area (Å²) in [6.45, 7) is 7.77. The van der Waals surface area contributed by atoms with Crippen LogP contribution in [0.1, 0.15) is 25.3 Å². The van der Waals surface area contributed by atoms with Crippen molar-refractivity contribution in [2.45, 2.75) is 33.2 Å². The number of nitrogen functional groups attached to an aromatic ring is 1. The molecule has 1 aromatic carbocycles. The molecule has 0 spiro atoms. The van der Waals surface area contributed by atoms with E-state index in [2.05, 4.69) is 53.5 Å². The summed E-state index contributed by atoms with van der Waals surface area (Å²) in [5, 5.41) is 0. The SMILES string of the molecule is Cc1cccc2c1nc(N)n2CC1(C)CCN(C)CC1. The smallest absolute Gasteiger partial charge is 0.201 e. The minimum atomic E-state index is 0.317. The Hall–Kier alpha value is -1.55. The number of imidazole rings is 1. The molecule has 0 unspecified atom stereocenters. The van der Waals surface area contributed by atoms with Gasteiger partial charge in [-0.1, -0.05) is 19.1 Å². The highest BCUT2D eigenvalue weighted by Gasteiger charge is 2.30. The van der Waals surface area contributed by atoms with E-state index in [1.807, 2.05) is 0 Å². The number of hydrogen-bond donors (Lipinski definition) is 1. The van der Waals surface area contributed by atoms with Gasteiger partial charge in [0.15, 0.2) is 0 Å². The van der Waals surface area contributed by atoms with E-state index >= 15 is 0 Å². The van der Waals surface area contributed by atoms with Crippen molar-refractivity contribution in [1.82, 2.24) is 14.5 Å². The minimum Gasteiger partial charge on any atom is -0.369 e. The third kappa shape index (κ3) is 2.29. The third-order valence-electron chi connectivity index (χ3n) is 4.74. The topological polar surface area (TPSA) is 47.1 Å². The number of aromatic nitrogens is 2. The molecule has 0 atom stereocenters. The van der Waals surface area contributed by atoms with Crippen molar-refractivity contribution in [2.75, 3.05) is 25.9 Å². The maximum absolute atomic E-state index is 6.17. The maximum Gasteiger partial charge on any atom is 0.201 e. The van der Waals surface area contributed by atoms with Gasteiger partial charge in [0.1, 0.15) is 0 Å². The number of para-hydroxylation sites is 1. The Morgan fingerprint density at radius 3 is 2.70 bits per heavy atom. The number of likely N-dealkylation sites (tertiary alicyclic amines) is 1. The van der Waals surface area contributed by atoms with Gasteiger partial charge in [-0.25, -0.2) is 4.98 Å². The monoisotopic (exact) mass is 272 g/mol. The van der Waals surface area contributed by atoms with Crippen LogP contribution < -0.4 is 5.73 Å². The summed E-state index contributed by atoms with van der Waals surface area (Å²) in [4.78, 5) is 6.96. The lowest BCUT2D eigenvalue weighted by Crippen LogP contribution is -2.38. The molecular weight excluding hydrogens is 248 g/mol. The van der Waals surface area contributed by atoms with Gasteiger partial charge in [0, 0.05) is 6.54 Å². The fraction of sp³-hybridized carbons (Fsp3) is 0.562. The Balaban J connectivity index is 1.95. The van der Waals surface area contributed by atoms with E-state index in [1.54, 1.807) is 0 Å². The van der Waals surface area contributed by atoms with Crippen LogP contribution in [0.5, 0.6) is 0 Å². The van der Waals surface area contributed by atoms with Crippen LogP contribution >= 0.6 is 0 Å². The predicted molar refractivity (Wildman–Crippen MR) is 83.7 cm³/mol.